The third-order valence-corrected chi connectivity index (χ3v) is 2.80. The van der Waals surface area contributed by atoms with Gasteiger partial charge in [0, 0.05) is 11.6 Å². The Morgan fingerprint density at radius 3 is 3.12 bits per heavy atom. The Morgan fingerprint density at radius 2 is 2.31 bits per heavy atom. The van der Waals surface area contributed by atoms with Crippen LogP contribution in [-0.4, -0.2) is 29.1 Å². The Bertz CT molecular complexity index is 527. The second-order valence-electron chi connectivity index (χ2n) is 3.84. The van der Waals surface area contributed by atoms with Gasteiger partial charge in [0.25, 0.3) is 5.91 Å². The number of aromatic amines is 1. The van der Waals surface area contributed by atoms with Gasteiger partial charge in [0.2, 0.25) is 0 Å². The number of hydrogen-bond acceptors (Lipinski definition) is 2. The van der Waals surface area contributed by atoms with E-state index >= 15 is 0 Å². The van der Waals surface area contributed by atoms with Gasteiger partial charge in [-0.1, -0.05) is 12.1 Å². The Balaban J connectivity index is 2.04. The lowest BCUT2D eigenvalue weighted by molar-refractivity contribution is -0.0767. The molecule has 0 atom stereocenters. The van der Waals surface area contributed by atoms with Gasteiger partial charge >= 0.3 is 0 Å². The van der Waals surface area contributed by atoms with Crippen molar-refractivity contribution in [3.05, 3.63) is 36.0 Å². The average Bonchev–Trinajstić information content (AvgIpc) is 2.98. The van der Waals surface area contributed by atoms with E-state index in [4.69, 9.17) is 4.84 Å². The van der Waals surface area contributed by atoms with Crippen LogP contribution >= 0.6 is 0 Å². The number of aromatic nitrogens is 1. The van der Waals surface area contributed by atoms with E-state index in [9.17, 15) is 4.79 Å². The van der Waals surface area contributed by atoms with Crippen molar-refractivity contribution in [2.75, 3.05) is 13.2 Å². The predicted octanol–water partition coefficient (Wildman–Crippen LogP) is 1.95. The van der Waals surface area contributed by atoms with E-state index in [1.807, 2.05) is 30.5 Å². The molecule has 82 valence electrons. The van der Waals surface area contributed by atoms with Crippen molar-refractivity contribution in [1.82, 2.24) is 10.0 Å². The van der Waals surface area contributed by atoms with E-state index in [0.29, 0.717) is 18.7 Å². The summed E-state index contributed by atoms with van der Waals surface area (Å²) in [5.74, 6) is -0.0643. The molecule has 1 aromatic carbocycles. The van der Waals surface area contributed by atoms with Gasteiger partial charge in [-0.05, 0) is 18.6 Å². The molecule has 1 aliphatic rings. The molecule has 1 aromatic heterocycles. The molecule has 0 saturated carbocycles. The molecule has 0 unspecified atom stereocenters. The fourth-order valence-corrected chi connectivity index (χ4v) is 2.01. The van der Waals surface area contributed by atoms with Crippen LogP contribution in [0.5, 0.6) is 0 Å². The Hall–Kier alpha value is -1.81. The number of hydroxylamine groups is 2. The van der Waals surface area contributed by atoms with E-state index in [-0.39, 0.29) is 5.91 Å². The van der Waals surface area contributed by atoms with E-state index < -0.39 is 0 Å². The summed E-state index contributed by atoms with van der Waals surface area (Å²) in [6.07, 6.45) is 2.75. The molecule has 0 bridgehead atoms. The van der Waals surface area contributed by atoms with E-state index in [0.717, 1.165) is 17.3 Å². The molecule has 0 spiro atoms. The molecule has 2 heterocycles. The summed E-state index contributed by atoms with van der Waals surface area (Å²) in [4.78, 5) is 20.5. The zero-order valence-corrected chi connectivity index (χ0v) is 8.77. The number of carbonyl (C=O) groups is 1. The topological polar surface area (TPSA) is 45.3 Å². The summed E-state index contributed by atoms with van der Waals surface area (Å²) < 4.78 is 0. The van der Waals surface area contributed by atoms with Gasteiger partial charge in [0.1, 0.15) is 0 Å². The summed E-state index contributed by atoms with van der Waals surface area (Å²) in [6.45, 7) is 1.31. The number of nitrogens with zero attached hydrogens (tertiary/aromatic N) is 1. The van der Waals surface area contributed by atoms with Crippen molar-refractivity contribution < 1.29 is 9.63 Å². The predicted molar refractivity (Wildman–Crippen MR) is 59.9 cm³/mol. The van der Waals surface area contributed by atoms with Gasteiger partial charge in [-0.3, -0.25) is 9.63 Å². The van der Waals surface area contributed by atoms with Crippen LogP contribution in [0.1, 0.15) is 16.8 Å². The highest BCUT2D eigenvalue weighted by Crippen LogP contribution is 2.20. The van der Waals surface area contributed by atoms with Crippen molar-refractivity contribution in [1.29, 1.82) is 0 Å². The maximum Gasteiger partial charge on any atom is 0.279 e. The van der Waals surface area contributed by atoms with Crippen molar-refractivity contribution in [2.24, 2.45) is 0 Å². The van der Waals surface area contributed by atoms with Crippen LogP contribution in [0.3, 0.4) is 0 Å². The minimum absolute atomic E-state index is 0.0643. The highest BCUT2D eigenvalue weighted by molar-refractivity contribution is 6.05. The van der Waals surface area contributed by atoms with Gasteiger partial charge in [-0.25, -0.2) is 5.06 Å². The molecule has 1 aliphatic heterocycles. The molecule has 2 aromatic rings. The first-order valence-electron chi connectivity index (χ1n) is 5.37. The van der Waals surface area contributed by atoms with Gasteiger partial charge in [0.15, 0.2) is 0 Å². The first kappa shape index (κ1) is 9.42. The first-order valence-corrected chi connectivity index (χ1v) is 5.37. The highest BCUT2D eigenvalue weighted by Gasteiger charge is 2.22. The lowest BCUT2D eigenvalue weighted by Gasteiger charge is -2.14. The van der Waals surface area contributed by atoms with E-state index in [1.54, 1.807) is 0 Å². The van der Waals surface area contributed by atoms with Crippen LogP contribution in [0.2, 0.25) is 0 Å². The fraction of sp³-hybridized carbons (Fsp3) is 0.250. The largest absolute Gasteiger partial charge is 0.361 e. The van der Waals surface area contributed by atoms with Crippen molar-refractivity contribution in [2.45, 2.75) is 6.42 Å². The second kappa shape index (κ2) is 3.64. The Kier molecular flexibility index (Phi) is 2.15. The number of nitrogens with one attached hydrogen (secondary N) is 1. The molecule has 3 rings (SSSR count). The minimum atomic E-state index is -0.0643. The molecular formula is C12H12N2O2. The van der Waals surface area contributed by atoms with Crippen LogP contribution in [0.25, 0.3) is 10.9 Å². The molecule has 1 N–H and O–H groups in total. The number of carbonyl (C=O) groups excluding carboxylic acids is 1. The summed E-state index contributed by atoms with van der Waals surface area (Å²) in [6, 6.07) is 7.65. The molecule has 1 fully saturated rings. The summed E-state index contributed by atoms with van der Waals surface area (Å²) in [5.41, 5.74) is 1.55. The van der Waals surface area contributed by atoms with Gasteiger partial charge in [0.05, 0.1) is 24.2 Å². The molecule has 16 heavy (non-hydrogen) atoms. The van der Waals surface area contributed by atoms with Crippen LogP contribution in [0.15, 0.2) is 30.5 Å². The lowest BCUT2D eigenvalue weighted by atomic mass is 10.1. The van der Waals surface area contributed by atoms with Crippen molar-refractivity contribution >= 4 is 16.8 Å². The zero-order valence-electron chi connectivity index (χ0n) is 8.77. The number of fused-ring (bicyclic) bond motifs is 1. The summed E-state index contributed by atoms with van der Waals surface area (Å²) >= 11 is 0. The lowest BCUT2D eigenvalue weighted by Crippen LogP contribution is -2.26. The maximum atomic E-state index is 12.1. The third-order valence-electron chi connectivity index (χ3n) is 2.80. The second-order valence-corrected chi connectivity index (χ2v) is 3.84. The minimum Gasteiger partial charge on any atom is -0.361 e. The zero-order chi connectivity index (χ0) is 11.0. The summed E-state index contributed by atoms with van der Waals surface area (Å²) in [5, 5.41) is 2.49. The number of hydrogen-bond donors (Lipinski definition) is 1. The SMILES string of the molecule is O=C(c1cccc2cc[nH]c12)N1CCCO1. The number of para-hydroxylation sites is 1. The average molecular weight is 216 g/mol. The highest BCUT2D eigenvalue weighted by atomic mass is 16.7. The van der Waals surface area contributed by atoms with Gasteiger partial charge < -0.3 is 4.98 Å². The fourth-order valence-electron chi connectivity index (χ4n) is 2.01. The monoisotopic (exact) mass is 216 g/mol. The number of rotatable bonds is 1. The normalized spacial score (nSPS) is 15.9. The van der Waals surface area contributed by atoms with Gasteiger partial charge in [-0.2, -0.15) is 0 Å². The van der Waals surface area contributed by atoms with E-state index in [2.05, 4.69) is 4.98 Å². The first-order chi connectivity index (χ1) is 7.86. The standard InChI is InChI=1S/C12H12N2O2/c15-12(14-7-2-8-16-14)10-4-1-3-9-5-6-13-11(9)10/h1,3-6,13H,2,7-8H2. The maximum absolute atomic E-state index is 12.1. The molecular weight excluding hydrogens is 204 g/mol. The molecule has 1 amide bonds. The quantitative estimate of drug-likeness (QED) is 0.791. The molecule has 4 heteroatoms. The number of benzene rings is 1. The van der Waals surface area contributed by atoms with Crippen LogP contribution < -0.4 is 0 Å². The molecule has 0 radical (unpaired) electrons. The Morgan fingerprint density at radius 1 is 1.38 bits per heavy atom. The molecule has 1 saturated heterocycles. The Labute approximate surface area is 92.8 Å². The van der Waals surface area contributed by atoms with E-state index in [1.165, 1.54) is 5.06 Å². The number of amides is 1. The molecule has 4 nitrogen and oxygen atoms in total. The third kappa shape index (κ3) is 1.39. The van der Waals surface area contributed by atoms with Crippen molar-refractivity contribution in [3.63, 3.8) is 0 Å². The van der Waals surface area contributed by atoms with Gasteiger partial charge in [-0.15, -0.1) is 0 Å². The van der Waals surface area contributed by atoms with Crippen LogP contribution in [-0.2, 0) is 4.84 Å². The van der Waals surface area contributed by atoms with Crippen LogP contribution in [0, 0.1) is 0 Å². The summed E-state index contributed by atoms with van der Waals surface area (Å²) in [7, 11) is 0. The van der Waals surface area contributed by atoms with Crippen LogP contribution in [0.4, 0.5) is 0 Å². The van der Waals surface area contributed by atoms with Crippen molar-refractivity contribution in [3.8, 4) is 0 Å². The smallest absolute Gasteiger partial charge is 0.279 e. The molecule has 0 aliphatic carbocycles. The number of H-pyrrole nitrogens is 1.